The Hall–Kier alpha value is -0.380. The van der Waals surface area contributed by atoms with Crippen molar-refractivity contribution in [2.45, 2.75) is 32.1 Å². The second-order valence-corrected chi connectivity index (χ2v) is 6.18. The third-order valence-electron chi connectivity index (χ3n) is 2.57. The average molecular weight is 274 g/mol. The van der Waals surface area contributed by atoms with E-state index in [1.54, 1.807) is 0 Å². The van der Waals surface area contributed by atoms with Crippen molar-refractivity contribution in [3.8, 4) is 0 Å². The highest BCUT2D eigenvalue weighted by atomic mass is 35.5. The monoisotopic (exact) mass is 273 g/mol. The van der Waals surface area contributed by atoms with Crippen molar-refractivity contribution in [2.75, 3.05) is 12.3 Å². The first kappa shape index (κ1) is 14.7. The first-order valence-electron chi connectivity index (χ1n) is 5.94. The molecular weight excluding hydrogens is 254 g/mol. The maximum atomic E-state index is 11.9. The van der Waals surface area contributed by atoms with Crippen LogP contribution in [-0.4, -0.2) is 22.5 Å². The predicted molar refractivity (Wildman–Crippen MR) is 75.9 cm³/mol. The number of benzene rings is 1. The SMILES string of the molecule is CCNC(C)CCS(=O)Cc1ccc(Cl)cc1. The van der Waals surface area contributed by atoms with Gasteiger partial charge in [-0.2, -0.15) is 0 Å². The van der Waals surface area contributed by atoms with Crippen LogP contribution in [0.4, 0.5) is 0 Å². The summed E-state index contributed by atoms with van der Waals surface area (Å²) in [6, 6.07) is 8.00. The highest BCUT2D eigenvalue weighted by Crippen LogP contribution is 2.11. The minimum atomic E-state index is -0.785. The molecule has 1 N–H and O–H groups in total. The average Bonchev–Trinajstić information content (AvgIpc) is 2.30. The summed E-state index contributed by atoms with van der Waals surface area (Å²) in [6.07, 6.45) is 0.952. The highest BCUT2D eigenvalue weighted by molar-refractivity contribution is 7.84. The lowest BCUT2D eigenvalue weighted by atomic mass is 10.2. The zero-order valence-electron chi connectivity index (χ0n) is 10.4. The van der Waals surface area contributed by atoms with Crippen LogP contribution in [-0.2, 0) is 16.6 Å². The second kappa shape index (κ2) is 7.85. The molecule has 0 fully saturated rings. The molecule has 1 rings (SSSR count). The van der Waals surface area contributed by atoms with Gasteiger partial charge in [0.2, 0.25) is 0 Å². The predicted octanol–water partition coefficient (Wildman–Crippen LogP) is 2.98. The van der Waals surface area contributed by atoms with E-state index in [2.05, 4.69) is 19.2 Å². The number of nitrogens with one attached hydrogen (secondary N) is 1. The van der Waals surface area contributed by atoms with Crippen molar-refractivity contribution in [1.29, 1.82) is 0 Å². The van der Waals surface area contributed by atoms with Crippen LogP contribution >= 0.6 is 11.6 Å². The summed E-state index contributed by atoms with van der Waals surface area (Å²) >= 11 is 5.80. The minimum Gasteiger partial charge on any atom is -0.315 e. The lowest BCUT2D eigenvalue weighted by Gasteiger charge is -2.11. The molecule has 2 nitrogen and oxygen atoms in total. The summed E-state index contributed by atoms with van der Waals surface area (Å²) in [7, 11) is -0.785. The first-order valence-corrected chi connectivity index (χ1v) is 7.81. The largest absolute Gasteiger partial charge is 0.315 e. The van der Waals surface area contributed by atoms with Gasteiger partial charge >= 0.3 is 0 Å². The molecule has 96 valence electrons. The number of rotatable bonds is 7. The van der Waals surface area contributed by atoms with Crippen molar-refractivity contribution in [2.24, 2.45) is 0 Å². The van der Waals surface area contributed by atoms with Crippen LogP contribution in [0, 0.1) is 0 Å². The van der Waals surface area contributed by atoms with E-state index in [1.165, 1.54) is 0 Å². The summed E-state index contributed by atoms with van der Waals surface area (Å²) in [5, 5.41) is 4.04. The van der Waals surface area contributed by atoms with Crippen LogP contribution in [0.1, 0.15) is 25.8 Å². The van der Waals surface area contributed by atoms with Crippen LogP contribution in [0.15, 0.2) is 24.3 Å². The van der Waals surface area contributed by atoms with Gasteiger partial charge in [-0.25, -0.2) is 0 Å². The van der Waals surface area contributed by atoms with Gasteiger partial charge in [-0.1, -0.05) is 30.7 Å². The normalized spacial score (nSPS) is 14.5. The smallest absolute Gasteiger partial charge is 0.0485 e. The molecule has 0 saturated heterocycles. The zero-order chi connectivity index (χ0) is 12.7. The van der Waals surface area contributed by atoms with E-state index in [4.69, 9.17) is 11.6 Å². The highest BCUT2D eigenvalue weighted by Gasteiger charge is 2.05. The Morgan fingerprint density at radius 3 is 2.59 bits per heavy atom. The number of hydrogen-bond donors (Lipinski definition) is 1. The molecule has 0 spiro atoms. The van der Waals surface area contributed by atoms with Gasteiger partial charge in [-0.05, 0) is 37.6 Å². The summed E-state index contributed by atoms with van der Waals surface area (Å²) in [5.41, 5.74) is 1.09. The summed E-state index contributed by atoms with van der Waals surface area (Å²) < 4.78 is 11.9. The van der Waals surface area contributed by atoms with E-state index in [0.717, 1.165) is 29.3 Å². The van der Waals surface area contributed by atoms with E-state index >= 15 is 0 Å². The van der Waals surface area contributed by atoms with Crippen LogP contribution in [0.2, 0.25) is 5.02 Å². The van der Waals surface area contributed by atoms with Crippen LogP contribution in [0.5, 0.6) is 0 Å². The molecule has 2 atom stereocenters. The lowest BCUT2D eigenvalue weighted by Crippen LogP contribution is -2.27. The van der Waals surface area contributed by atoms with E-state index < -0.39 is 10.8 Å². The zero-order valence-corrected chi connectivity index (χ0v) is 12.0. The Balaban J connectivity index is 2.32. The van der Waals surface area contributed by atoms with Gasteiger partial charge in [0.1, 0.15) is 0 Å². The van der Waals surface area contributed by atoms with Gasteiger partial charge in [-0.3, -0.25) is 4.21 Å². The molecule has 1 aromatic carbocycles. The van der Waals surface area contributed by atoms with E-state index in [9.17, 15) is 4.21 Å². The Kier molecular flexibility index (Phi) is 6.78. The Labute approximate surface area is 111 Å². The van der Waals surface area contributed by atoms with Gasteiger partial charge in [0.05, 0.1) is 0 Å². The molecule has 4 heteroatoms. The van der Waals surface area contributed by atoms with E-state index in [0.29, 0.717) is 11.8 Å². The molecule has 0 heterocycles. The van der Waals surface area contributed by atoms with Gasteiger partial charge in [0.15, 0.2) is 0 Å². The molecule has 17 heavy (non-hydrogen) atoms. The fraction of sp³-hybridized carbons (Fsp3) is 0.538. The quantitative estimate of drug-likeness (QED) is 0.828. The molecule has 0 saturated carbocycles. The topological polar surface area (TPSA) is 29.1 Å². The maximum Gasteiger partial charge on any atom is 0.0485 e. The van der Waals surface area contributed by atoms with E-state index in [-0.39, 0.29) is 0 Å². The van der Waals surface area contributed by atoms with Crippen LogP contribution in [0.3, 0.4) is 0 Å². The molecule has 0 aliphatic rings. The molecule has 0 amide bonds. The minimum absolute atomic E-state index is 0.439. The first-order chi connectivity index (χ1) is 8.11. The second-order valence-electron chi connectivity index (χ2n) is 4.16. The fourth-order valence-corrected chi connectivity index (χ4v) is 3.05. The van der Waals surface area contributed by atoms with E-state index in [1.807, 2.05) is 24.3 Å². The third kappa shape index (κ3) is 6.20. The van der Waals surface area contributed by atoms with Crippen LogP contribution in [0.25, 0.3) is 0 Å². The number of halogens is 1. The van der Waals surface area contributed by atoms with Crippen molar-refractivity contribution >= 4 is 22.4 Å². The maximum absolute atomic E-state index is 11.9. The lowest BCUT2D eigenvalue weighted by molar-refractivity contribution is 0.553. The Morgan fingerprint density at radius 2 is 2.00 bits per heavy atom. The summed E-state index contributed by atoms with van der Waals surface area (Å²) in [5.74, 6) is 1.37. The van der Waals surface area contributed by atoms with Crippen LogP contribution < -0.4 is 5.32 Å². The van der Waals surface area contributed by atoms with Crippen molar-refractivity contribution in [3.63, 3.8) is 0 Å². The number of hydrogen-bond acceptors (Lipinski definition) is 2. The molecule has 2 unspecified atom stereocenters. The van der Waals surface area contributed by atoms with Gasteiger partial charge in [-0.15, -0.1) is 0 Å². The Morgan fingerprint density at radius 1 is 1.35 bits per heavy atom. The third-order valence-corrected chi connectivity index (χ3v) is 4.17. The molecule has 0 radical (unpaired) electrons. The van der Waals surface area contributed by atoms with Crippen molar-refractivity contribution in [3.05, 3.63) is 34.9 Å². The van der Waals surface area contributed by atoms with Gasteiger partial charge in [0, 0.05) is 33.4 Å². The molecule has 0 aliphatic carbocycles. The summed E-state index contributed by atoms with van der Waals surface area (Å²) in [6.45, 7) is 5.18. The Bertz CT molecular complexity index is 353. The molecule has 0 aromatic heterocycles. The van der Waals surface area contributed by atoms with Gasteiger partial charge in [0.25, 0.3) is 0 Å². The molecular formula is C13H20ClNOS. The summed E-state index contributed by atoms with van der Waals surface area (Å²) in [4.78, 5) is 0. The molecule has 0 aliphatic heterocycles. The standard InChI is InChI=1S/C13H20ClNOS/c1-3-15-11(2)8-9-17(16)10-12-4-6-13(14)7-5-12/h4-7,11,15H,3,8-10H2,1-2H3. The van der Waals surface area contributed by atoms with Gasteiger partial charge < -0.3 is 5.32 Å². The van der Waals surface area contributed by atoms with Crippen molar-refractivity contribution < 1.29 is 4.21 Å². The fourth-order valence-electron chi connectivity index (χ4n) is 1.60. The molecule has 0 bridgehead atoms. The molecule has 1 aromatic rings. The van der Waals surface area contributed by atoms with Crippen molar-refractivity contribution in [1.82, 2.24) is 5.32 Å².